The van der Waals surface area contributed by atoms with E-state index in [0.717, 1.165) is 61.8 Å². The standard InChI is InChI=1S/C25H28N4O2.ClH/c1-18-9-10-20-21(26-18)6-4-7-22(20)29-15-13-28(14-16-29)12-11-19-5-3-8-23-25(19)31-17-24(30)27(23)2;/h3-10H,11-17H2,1-2H3;1H. The number of para-hydroxylation sites is 1. The van der Waals surface area contributed by atoms with Crippen molar-refractivity contribution in [3.05, 3.63) is 59.8 Å². The van der Waals surface area contributed by atoms with Gasteiger partial charge in [0.25, 0.3) is 5.91 Å². The van der Waals surface area contributed by atoms with Gasteiger partial charge < -0.3 is 14.5 Å². The van der Waals surface area contributed by atoms with Gasteiger partial charge >= 0.3 is 0 Å². The summed E-state index contributed by atoms with van der Waals surface area (Å²) < 4.78 is 5.78. The van der Waals surface area contributed by atoms with Crippen molar-refractivity contribution in [1.82, 2.24) is 9.88 Å². The van der Waals surface area contributed by atoms with Crippen molar-refractivity contribution in [3.8, 4) is 5.75 Å². The number of aromatic nitrogens is 1. The van der Waals surface area contributed by atoms with Crippen LogP contribution in [-0.2, 0) is 11.2 Å². The van der Waals surface area contributed by atoms with Crippen LogP contribution in [0.5, 0.6) is 5.75 Å². The van der Waals surface area contributed by atoms with Gasteiger partial charge in [-0.15, -0.1) is 12.4 Å². The molecule has 7 heteroatoms. The zero-order valence-electron chi connectivity index (χ0n) is 18.6. The number of halogens is 1. The number of carbonyl (C=O) groups excluding carboxylic acids is 1. The van der Waals surface area contributed by atoms with Gasteiger partial charge in [-0.25, -0.2) is 0 Å². The lowest BCUT2D eigenvalue weighted by Crippen LogP contribution is -2.47. The number of amides is 1. The van der Waals surface area contributed by atoms with Crippen LogP contribution in [0.4, 0.5) is 11.4 Å². The van der Waals surface area contributed by atoms with E-state index in [-0.39, 0.29) is 24.9 Å². The average Bonchev–Trinajstić information content (AvgIpc) is 2.80. The highest BCUT2D eigenvalue weighted by Crippen LogP contribution is 2.35. The smallest absolute Gasteiger partial charge is 0.264 e. The lowest BCUT2D eigenvalue weighted by atomic mass is 10.1. The Morgan fingerprint density at radius 1 is 0.969 bits per heavy atom. The fourth-order valence-electron chi connectivity index (χ4n) is 4.57. The fourth-order valence-corrected chi connectivity index (χ4v) is 4.57. The largest absolute Gasteiger partial charge is 0.481 e. The molecule has 2 aromatic carbocycles. The number of pyridine rings is 1. The molecule has 0 saturated carbocycles. The molecule has 1 amide bonds. The molecular weight excluding hydrogens is 424 g/mol. The van der Waals surface area contributed by atoms with Crippen LogP contribution in [0.25, 0.3) is 10.9 Å². The van der Waals surface area contributed by atoms with Gasteiger partial charge in [-0.05, 0) is 49.2 Å². The quantitative estimate of drug-likeness (QED) is 0.604. The highest BCUT2D eigenvalue weighted by atomic mass is 35.5. The van der Waals surface area contributed by atoms with Crippen LogP contribution in [0.2, 0.25) is 0 Å². The van der Waals surface area contributed by atoms with Crippen molar-refractivity contribution in [2.75, 3.05) is 56.2 Å². The number of hydrogen-bond acceptors (Lipinski definition) is 5. The lowest BCUT2D eigenvalue weighted by molar-refractivity contribution is -0.121. The maximum absolute atomic E-state index is 11.9. The van der Waals surface area contributed by atoms with E-state index in [1.165, 1.54) is 16.6 Å². The number of rotatable bonds is 4. The molecule has 3 heterocycles. The summed E-state index contributed by atoms with van der Waals surface area (Å²) in [7, 11) is 1.82. The molecule has 0 radical (unpaired) electrons. The Morgan fingerprint density at radius 2 is 1.72 bits per heavy atom. The van der Waals surface area contributed by atoms with Gasteiger partial charge in [0, 0.05) is 56.5 Å². The summed E-state index contributed by atoms with van der Waals surface area (Å²) in [5.41, 5.74) is 5.45. The van der Waals surface area contributed by atoms with Gasteiger partial charge in [-0.1, -0.05) is 18.2 Å². The minimum Gasteiger partial charge on any atom is -0.481 e. The topological polar surface area (TPSA) is 48.9 Å². The Morgan fingerprint density at radius 3 is 2.53 bits per heavy atom. The van der Waals surface area contributed by atoms with Gasteiger partial charge in [0.15, 0.2) is 6.61 Å². The first kappa shape index (κ1) is 22.4. The van der Waals surface area contributed by atoms with Crippen LogP contribution in [0.15, 0.2) is 48.5 Å². The van der Waals surface area contributed by atoms with Crippen molar-refractivity contribution in [3.63, 3.8) is 0 Å². The zero-order valence-corrected chi connectivity index (χ0v) is 19.4. The van der Waals surface area contributed by atoms with Crippen LogP contribution in [0.3, 0.4) is 0 Å². The van der Waals surface area contributed by atoms with Crippen LogP contribution >= 0.6 is 12.4 Å². The minimum atomic E-state index is -0.000400. The summed E-state index contributed by atoms with van der Waals surface area (Å²) in [4.78, 5) is 23.3. The number of aryl methyl sites for hydroxylation is 1. The molecule has 0 bridgehead atoms. The van der Waals surface area contributed by atoms with Crippen LogP contribution in [-0.4, -0.2) is 62.2 Å². The number of likely N-dealkylation sites (N-methyl/N-ethyl adjacent to an activating group) is 1. The highest BCUT2D eigenvalue weighted by molar-refractivity contribution is 5.97. The molecule has 0 aliphatic carbocycles. The number of carbonyl (C=O) groups is 1. The molecule has 1 fully saturated rings. The van der Waals surface area contributed by atoms with Gasteiger partial charge in [0.05, 0.1) is 11.2 Å². The molecule has 0 atom stereocenters. The van der Waals surface area contributed by atoms with Crippen molar-refractivity contribution in [2.45, 2.75) is 13.3 Å². The summed E-state index contributed by atoms with van der Waals surface area (Å²) in [5.74, 6) is 0.862. The summed E-state index contributed by atoms with van der Waals surface area (Å²) in [5, 5.41) is 1.23. The summed E-state index contributed by atoms with van der Waals surface area (Å²) in [6.45, 7) is 7.23. The molecule has 3 aromatic rings. The molecule has 0 spiro atoms. The number of hydrogen-bond donors (Lipinski definition) is 0. The molecule has 32 heavy (non-hydrogen) atoms. The van der Waals surface area contributed by atoms with Gasteiger partial charge in [-0.2, -0.15) is 0 Å². The Hall–Kier alpha value is -2.83. The van der Waals surface area contributed by atoms with Crippen LogP contribution in [0, 0.1) is 6.92 Å². The van der Waals surface area contributed by atoms with E-state index in [1.807, 2.05) is 26.1 Å². The highest BCUT2D eigenvalue weighted by Gasteiger charge is 2.25. The van der Waals surface area contributed by atoms with E-state index in [4.69, 9.17) is 4.74 Å². The van der Waals surface area contributed by atoms with Gasteiger partial charge in [-0.3, -0.25) is 14.7 Å². The monoisotopic (exact) mass is 452 g/mol. The first-order valence-corrected chi connectivity index (χ1v) is 10.9. The number of benzene rings is 2. The maximum Gasteiger partial charge on any atom is 0.264 e. The molecule has 0 N–H and O–H groups in total. The van der Waals surface area contributed by atoms with E-state index in [9.17, 15) is 4.79 Å². The van der Waals surface area contributed by atoms with Crippen molar-refractivity contribution >= 4 is 40.6 Å². The van der Waals surface area contributed by atoms with Crippen molar-refractivity contribution in [2.24, 2.45) is 0 Å². The summed E-state index contributed by atoms with van der Waals surface area (Å²) in [6, 6.07) is 16.8. The van der Waals surface area contributed by atoms with Crippen LogP contribution in [0.1, 0.15) is 11.3 Å². The number of anilines is 2. The third-order valence-electron chi connectivity index (χ3n) is 6.41. The predicted octanol–water partition coefficient (Wildman–Crippen LogP) is 3.68. The van der Waals surface area contributed by atoms with E-state index < -0.39 is 0 Å². The molecular formula is C25H29ClN4O2. The molecule has 2 aliphatic rings. The Bertz CT molecular complexity index is 1130. The third kappa shape index (κ3) is 4.25. The maximum atomic E-state index is 11.9. The van der Waals surface area contributed by atoms with E-state index in [0.29, 0.717) is 0 Å². The Kier molecular flexibility index (Phi) is 6.53. The van der Waals surface area contributed by atoms with E-state index >= 15 is 0 Å². The van der Waals surface area contributed by atoms with Gasteiger partial charge in [0.1, 0.15) is 5.75 Å². The summed E-state index contributed by atoms with van der Waals surface area (Å²) >= 11 is 0. The number of nitrogens with zero attached hydrogens (tertiary/aromatic N) is 4. The minimum absolute atomic E-state index is 0. The van der Waals surface area contributed by atoms with E-state index in [1.54, 1.807) is 4.90 Å². The molecule has 1 saturated heterocycles. The first-order chi connectivity index (χ1) is 15.1. The van der Waals surface area contributed by atoms with Crippen molar-refractivity contribution < 1.29 is 9.53 Å². The Labute approximate surface area is 195 Å². The number of piperazine rings is 1. The molecule has 1 aromatic heterocycles. The normalized spacial score (nSPS) is 16.5. The Balaban J connectivity index is 0.00000245. The van der Waals surface area contributed by atoms with E-state index in [2.05, 4.69) is 51.2 Å². The fraction of sp³-hybridized carbons (Fsp3) is 0.360. The molecule has 5 rings (SSSR count). The summed E-state index contributed by atoms with van der Waals surface area (Å²) in [6.07, 6.45) is 0.919. The number of ether oxygens (including phenoxy) is 1. The number of fused-ring (bicyclic) bond motifs is 2. The van der Waals surface area contributed by atoms with Crippen molar-refractivity contribution in [1.29, 1.82) is 0 Å². The second-order valence-electron chi connectivity index (χ2n) is 8.38. The molecule has 168 valence electrons. The molecule has 6 nitrogen and oxygen atoms in total. The first-order valence-electron chi connectivity index (χ1n) is 10.9. The molecule has 0 unspecified atom stereocenters. The third-order valence-corrected chi connectivity index (χ3v) is 6.41. The van der Waals surface area contributed by atoms with Crippen LogP contribution < -0.4 is 14.5 Å². The van der Waals surface area contributed by atoms with Gasteiger partial charge in [0.2, 0.25) is 0 Å². The SMILES string of the molecule is Cc1ccc2c(N3CCN(CCc4cccc5c4OCC(=O)N5C)CC3)cccc2n1.Cl. The average molecular weight is 453 g/mol. The molecule has 2 aliphatic heterocycles. The zero-order chi connectivity index (χ0) is 21.4. The predicted molar refractivity (Wildman–Crippen MR) is 131 cm³/mol. The lowest BCUT2D eigenvalue weighted by Gasteiger charge is -2.36. The second-order valence-corrected chi connectivity index (χ2v) is 8.38. The second kappa shape index (κ2) is 9.35.